The molecule has 0 spiro atoms. The number of amides is 2. The predicted molar refractivity (Wildman–Crippen MR) is 101 cm³/mol. The summed E-state index contributed by atoms with van der Waals surface area (Å²) in [6.45, 7) is 1.70. The molecule has 2 amide bonds. The van der Waals surface area contributed by atoms with Crippen LogP contribution in [0.4, 0.5) is 24.5 Å². The van der Waals surface area contributed by atoms with Crippen molar-refractivity contribution in [2.75, 3.05) is 10.6 Å². The van der Waals surface area contributed by atoms with Crippen LogP contribution in [0.15, 0.2) is 60.9 Å². The van der Waals surface area contributed by atoms with Gasteiger partial charge < -0.3 is 10.6 Å². The lowest BCUT2D eigenvalue weighted by Crippen LogP contribution is -2.17. The zero-order valence-electron chi connectivity index (χ0n) is 15.1. The SMILES string of the molecule is Cc1ccc(C(=O)Nc2cccc(C(F)(F)F)c2)cc1C(=O)Nc1ccnnc1. The van der Waals surface area contributed by atoms with Gasteiger partial charge in [0.2, 0.25) is 0 Å². The van der Waals surface area contributed by atoms with E-state index in [1.54, 1.807) is 19.1 Å². The third-order valence-electron chi connectivity index (χ3n) is 4.03. The van der Waals surface area contributed by atoms with Crippen LogP contribution < -0.4 is 10.6 Å². The Morgan fingerprint density at radius 1 is 0.897 bits per heavy atom. The Bertz CT molecular complexity index is 1050. The fraction of sp³-hybridized carbons (Fsp3) is 0.100. The first-order valence-electron chi connectivity index (χ1n) is 8.41. The van der Waals surface area contributed by atoms with Crippen LogP contribution in [-0.4, -0.2) is 22.0 Å². The molecule has 29 heavy (non-hydrogen) atoms. The summed E-state index contributed by atoms with van der Waals surface area (Å²) in [6.07, 6.45) is -1.73. The van der Waals surface area contributed by atoms with Crippen molar-refractivity contribution in [3.05, 3.63) is 83.2 Å². The number of nitrogens with one attached hydrogen (secondary N) is 2. The lowest BCUT2D eigenvalue weighted by Gasteiger charge is -2.12. The molecule has 6 nitrogen and oxygen atoms in total. The van der Waals surface area contributed by atoms with Crippen molar-refractivity contribution in [3.63, 3.8) is 0 Å². The average Bonchev–Trinajstić information content (AvgIpc) is 2.68. The van der Waals surface area contributed by atoms with Gasteiger partial charge in [0.05, 0.1) is 23.6 Å². The summed E-state index contributed by atoms with van der Waals surface area (Å²) in [4.78, 5) is 25.0. The van der Waals surface area contributed by atoms with Crippen LogP contribution in [0.3, 0.4) is 0 Å². The maximum atomic E-state index is 12.8. The second-order valence-corrected chi connectivity index (χ2v) is 6.15. The van der Waals surface area contributed by atoms with E-state index in [4.69, 9.17) is 0 Å². The molecular weight excluding hydrogens is 385 g/mol. The number of halogens is 3. The highest BCUT2D eigenvalue weighted by Crippen LogP contribution is 2.30. The summed E-state index contributed by atoms with van der Waals surface area (Å²) in [5.41, 5.74) is 0.567. The number of aryl methyl sites for hydroxylation is 1. The van der Waals surface area contributed by atoms with Crippen LogP contribution in [0, 0.1) is 6.92 Å². The molecule has 0 aliphatic rings. The maximum Gasteiger partial charge on any atom is 0.416 e. The van der Waals surface area contributed by atoms with E-state index in [0.717, 1.165) is 12.1 Å². The van der Waals surface area contributed by atoms with Gasteiger partial charge in [-0.25, -0.2) is 0 Å². The van der Waals surface area contributed by atoms with E-state index in [1.807, 2.05) is 0 Å². The van der Waals surface area contributed by atoms with Gasteiger partial charge in [-0.2, -0.15) is 23.4 Å². The average molecular weight is 400 g/mol. The molecule has 2 aromatic carbocycles. The number of hydrogen-bond acceptors (Lipinski definition) is 4. The van der Waals surface area contributed by atoms with Crippen LogP contribution in [0.2, 0.25) is 0 Å². The van der Waals surface area contributed by atoms with Gasteiger partial charge in [0, 0.05) is 16.8 Å². The number of carbonyl (C=O) groups excluding carboxylic acids is 2. The van der Waals surface area contributed by atoms with Gasteiger partial charge in [0.15, 0.2) is 0 Å². The fourth-order valence-electron chi connectivity index (χ4n) is 2.55. The molecule has 0 aliphatic heterocycles. The minimum absolute atomic E-state index is 0.000684. The minimum Gasteiger partial charge on any atom is -0.322 e. The molecule has 0 bridgehead atoms. The summed E-state index contributed by atoms with van der Waals surface area (Å²) in [5.74, 6) is -1.09. The van der Waals surface area contributed by atoms with E-state index < -0.39 is 23.6 Å². The van der Waals surface area contributed by atoms with Crippen molar-refractivity contribution in [2.24, 2.45) is 0 Å². The van der Waals surface area contributed by atoms with Crippen molar-refractivity contribution in [1.29, 1.82) is 0 Å². The third-order valence-corrected chi connectivity index (χ3v) is 4.03. The maximum absolute atomic E-state index is 12.8. The standard InChI is InChI=1S/C20H15F3N4O2/c1-12-5-6-13(9-17(12)19(29)27-16-7-8-24-25-11-16)18(28)26-15-4-2-3-14(10-15)20(21,22)23/h2-11H,1H3,(H,26,28)(H,24,27,29). The molecule has 2 N–H and O–H groups in total. The molecule has 148 valence electrons. The normalized spacial score (nSPS) is 11.0. The fourth-order valence-corrected chi connectivity index (χ4v) is 2.55. The van der Waals surface area contributed by atoms with Gasteiger partial charge in [-0.15, -0.1) is 0 Å². The number of rotatable bonds is 4. The van der Waals surface area contributed by atoms with E-state index in [2.05, 4.69) is 20.8 Å². The van der Waals surface area contributed by atoms with Crippen LogP contribution in [0.5, 0.6) is 0 Å². The lowest BCUT2D eigenvalue weighted by atomic mass is 10.0. The molecule has 1 heterocycles. The largest absolute Gasteiger partial charge is 0.416 e. The second kappa shape index (κ2) is 8.09. The predicted octanol–water partition coefficient (Wildman–Crippen LogP) is 4.31. The highest BCUT2D eigenvalue weighted by Gasteiger charge is 2.30. The van der Waals surface area contributed by atoms with Gasteiger partial charge >= 0.3 is 6.18 Å². The highest BCUT2D eigenvalue weighted by atomic mass is 19.4. The summed E-state index contributed by atoms with van der Waals surface area (Å²) in [5, 5.41) is 12.3. The molecule has 0 atom stereocenters. The molecule has 0 radical (unpaired) electrons. The first-order chi connectivity index (χ1) is 13.7. The van der Waals surface area contributed by atoms with Crippen molar-refractivity contribution in [1.82, 2.24) is 10.2 Å². The quantitative estimate of drug-likeness (QED) is 0.684. The molecule has 3 aromatic rings. The van der Waals surface area contributed by atoms with Gasteiger partial charge in [0.25, 0.3) is 11.8 Å². The molecule has 0 unspecified atom stereocenters. The summed E-state index contributed by atoms with van der Waals surface area (Å²) in [7, 11) is 0. The molecule has 0 fully saturated rings. The number of carbonyl (C=O) groups is 2. The molecular formula is C20H15F3N4O2. The number of alkyl halides is 3. The monoisotopic (exact) mass is 400 g/mol. The molecule has 3 rings (SSSR count). The van der Waals surface area contributed by atoms with Crippen LogP contribution in [0.25, 0.3) is 0 Å². The Hall–Kier alpha value is -3.75. The van der Waals surface area contributed by atoms with E-state index in [0.29, 0.717) is 11.3 Å². The highest BCUT2D eigenvalue weighted by molar-refractivity contribution is 6.09. The van der Waals surface area contributed by atoms with Gasteiger partial charge in [0.1, 0.15) is 0 Å². The van der Waals surface area contributed by atoms with Crippen LogP contribution in [-0.2, 0) is 6.18 Å². The zero-order chi connectivity index (χ0) is 21.0. The number of nitrogens with zero attached hydrogens (tertiary/aromatic N) is 2. The van der Waals surface area contributed by atoms with Crippen LogP contribution >= 0.6 is 0 Å². The van der Waals surface area contributed by atoms with Crippen LogP contribution in [0.1, 0.15) is 31.8 Å². The van der Waals surface area contributed by atoms with Gasteiger partial charge in [-0.1, -0.05) is 12.1 Å². The van der Waals surface area contributed by atoms with Crippen molar-refractivity contribution in [2.45, 2.75) is 13.1 Å². The van der Waals surface area contributed by atoms with E-state index >= 15 is 0 Å². The molecule has 0 aliphatic carbocycles. The summed E-state index contributed by atoms with van der Waals surface area (Å²) < 4.78 is 38.5. The number of anilines is 2. The van der Waals surface area contributed by atoms with Crippen molar-refractivity contribution in [3.8, 4) is 0 Å². The van der Waals surface area contributed by atoms with E-state index in [-0.39, 0.29) is 16.8 Å². The van der Waals surface area contributed by atoms with E-state index in [1.165, 1.54) is 36.7 Å². The Morgan fingerprint density at radius 2 is 1.66 bits per heavy atom. The third kappa shape index (κ3) is 4.95. The van der Waals surface area contributed by atoms with Gasteiger partial charge in [-0.3, -0.25) is 9.59 Å². The molecule has 9 heteroatoms. The zero-order valence-corrected chi connectivity index (χ0v) is 15.1. The molecule has 1 aromatic heterocycles. The van der Waals surface area contributed by atoms with Gasteiger partial charge in [-0.05, 0) is 48.9 Å². The lowest BCUT2D eigenvalue weighted by molar-refractivity contribution is -0.137. The Labute approximate surface area is 163 Å². The Kier molecular flexibility index (Phi) is 5.58. The number of benzene rings is 2. The summed E-state index contributed by atoms with van der Waals surface area (Å²) in [6, 6.07) is 10.3. The molecule has 0 saturated carbocycles. The smallest absolute Gasteiger partial charge is 0.322 e. The Morgan fingerprint density at radius 3 is 2.34 bits per heavy atom. The summed E-state index contributed by atoms with van der Waals surface area (Å²) >= 11 is 0. The van der Waals surface area contributed by atoms with Crippen molar-refractivity contribution < 1.29 is 22.8 Å². The number of aromatic nitrogens is 2. The van der Waals surface area contributed by atoms with Crippen molar-refractivity contribution >= 4 is 23.2 Å². The minimum atomic E-state index is -4.52. The molecule has 0 saturated heterocycles. The first-order valence-corrected chi connectivity index (χ1v) is 8.41. The first kappa shape index (κ1) is 20.0. The van der Waals surface area contributed by atoms with E-state index in [9.17, 15) is 22.8 Å². The second-order valence-electron chi connectivity index (χ2n) is 6.15. The number of hydrogen-bond donors (Lipinski definition) is 2. The Balaban J connectivity index is 1.80. The topological polar surface area (TPSA) is 84.0 Å².